The number of thioether (sulfide) groups is 2. The summed E-state index contributed by atoms with van der Waals surface area (Å²) >= 11 is 3.20. The van der Waals surface area contributed by atoms with Gasteiger partial charge >= 0.3 is 0 Å². The Labute approximate surface area is 189 Å². The van der Waals surface area contributed by atoms with Crippen molar-refractivity contribution in [1.82, 2.24) is 24.6 Å². The Kier molecular flexibility index (Phi) is 6.53. The van der Waals surface area contributed by atoms with E-state index in [2.05, 4.69) is 31.4 Å². The Hall–Kier alpha value is -2.91. The van der Waals surface area contributed by atoms with E-state index in [0.717, 1.165) is 33.3 Å². The molecule has 3 aromatic heterocycles. The molecule has 9 heteroatoms. The molecule has 31 heavy (non-hydrogen) atoms. The molecule has 1 aromatic carbocycles. The zero-order chi connectivity index (χ0) is 21.8. The van der Waals surface area contributed by atoms with Crippen molar-refractivity contribution in [2.75, 3.05) is 11.6 Å². The van der Waals surface area contributed by atoms with Crippen molar-refractivity contribution in [3.05, 3.63) is 71.3 Å². The fraction of sp³-hybridized carbons (Fsp3) is 0.227. The highest BCUT2D eigenvalue weighted by molar-refractivity contribution is 7.98. The van der Waals surface area contributed by atoms with E-state index in [-0.39, 0.29) is 12.3 Å². The summed E-state index contributed by atoms with van der Waals surface area (Å²) in [5.74, 6) is 1.32. The minimum absolute atomic E-state index is 0.0895. The lowest BCUT2D eigenvalue weighted by atomic mass is 10.1. The predicted octanol–water partition coefficient (Wildman–Crippen LogP) is 4.33. The highest BCUT2D eigenvalue weighted by Gasteiger charge is 2.16. The molecule has 3 heterocycles. The first-order valence-corrected chi connectivity index (χ1v) is 11.9. The SMILES string of the molecule is CSc1nc2nc(C)c(CC(=O)Nc3ccc(SCc4cccnc4)cc3)c(C)n2n1. The Bertz CT molecular complexity index is 1210. The van der Waals surface area contributed by atoms with Gasteiger partial charge in [0.15, 0.2) is 0 Å². The third kappa shape index (κ3) is 5.05. The number of carbonyl (C=O) groups is 1. The minimum atomic E-state index is -0.0895. The van der Waals surface area contributed by atoms with Crippen LogP contribution in [0.2, 0.25) is 0 Å². The molecule has 0 atom stereocenters. The number of pyridine rings is 1. The summed E-state index contributed by atoms with van der Waals surface area (Å²) in [6, 6.07) is 11.9. The lowest BCUT2D eigenvalue weighted by Crippen LogP contribution is -2.17. The second-order valence-electron chi connectivity index (χ2n) is 6.97. The summed E-state index contributed by atoms with van der Waals surface area (Å²) in [6.45, 7) is 3.84. The van der Waals surface area contributed by atoms with Crippen LogP contribution in [-0.2, 0) is 17.0 Å². The molecule has 7 nitrogen and oxygen atoms in total. The number of amides is 1. The van der Waals surface area contributed by atoms with Crippen molar-refractivity contribution >= 4 is 40.9 Å². The molecule has 1 amide bonds. The van der Waals surface area contributed by atoms with Crippen LogP contribution in [0.5, 0.6) is 0 Å². The van der Waals surface area contributed by atoms with Crippen LogP contribution >= 0.6 is 23.5 Å². The van der Waals surface area contributed by atoms with E-state index in [1.165, 1.54) is 17.3 Å². The maximum atomic E-state index is 12.7. The van der Waals surface area contributed by atoms with Crippen molar-refractivity contribution in [2.24, 2.45) is 0 Å². The number of carbonyl (C=O) groups excluding carboxylic acids is 1. The van der Waals surface area contributed by atoms with Gasteiger partial charge in [0.1, 0.15) is 0 Å². The molecular weight excluding hydrogens is 428 g/mol. The maximum Gasteiger partial charge on any atom is 0.253 e. The lowest BCUT2D eigenvalue weighted by Gasteiger charge is -2.11. The number of fused-ring (bicyclic) bond motifs is 1. The standard InChI is InChI=1S/C22H22N6OS2/c1-14-19(15(2)28-21(24-14)26-22(27-28)30-3)11-20(29)25-17-6-8-18(9-7-17)31-13-16-5-4-10-23-12-16/h4-10,12H,11,13H2,1-3H3,(H,25,29). The molecule has 0 aliphatic heterocycles. The highest BCUT2D eigenvalue weighted by atomic mass is 32.2. The van der Waals surface area contributed by atoms with Crippen LogP contribution in [0.4, 0.5) is 5.69 Å². The van der Waals surface area contributed by atoms with Crippen LogP contribution in [0.15, 0.2) is 58.8 Å². The third-order valence-corrected chi connectivity index (χ3v) is 6.44. The van der Waals surface area contributed by atoms with E-state index in [0.29, 0.717) is 10.9 Å². The van der Waals surface area contributed by atoms with Crippen LogP contribution in [0.25, 0.3) is 5.78 Å². The molecule has 4 aromatic rings. The first kappa shape index (κ1) is 21.3. The van der Waals surface area contributed by atoms with Gasteiger partial charge in [0.05, 0.1) is 6.42 Å². The van der Waals surface area contributed by atoms with Gasteiger partial charge in [0.2, 0.25) is 11.1 Å². The van der Waals surface area contributed by atoms with Gasteiger partial charge in [-0.1, -0.05) is 17.8 Å². The largest absolute Gasteiger partial charge is 0.326 e. The molecule has 0 aliphatic rings. The van der Waals surface area contributed by atoms with Crippen LogP contribution in [0, 0.1) is 13.8 Å². The van der Waals surface area contributed by atoms with E-state index in [9.17, 15) is 4.79 Å². The van der Waals surface area contributed by atoms with Gasteiger partial charge in [-0.25, -0.2) is 9.50 Å². The zero-order valence-electron chi connectivity index (χ0n) is 17.5. The number of anilines is 1. The second kappa shape index (κ2) is 9.49. The molecular formula is C22H22N6OS2. The first-order valence-electron chi connectivity index (χ1n) is 9.72. The number of rotatable bonds is 7. The van der Waals surface area contributed by atoms with Crippen LogP contribution < -0.4 is 5.32 Å². The smallest absolute Gasteiger partial charge is 0.253 e. The maximum absolute atomic E-state index is 12.7. The van der Waals surface area contributed by atoms with Crippen LogP contribution in [0.1, 0.15) is 22.5 Å². The average molecular weight is 451 g/mol. The Morgan fingerprint density at radius 3 is 2.65 bits per heavy atom. The van der Waals surface area contributed by atoms with Crippen LogP contribution in [-0.4, -0.2) is 36.7 Å². The topological polar surface area (TPSA) is 85.1 Å². The lowest BCUT2D eigenvalue weighted by molar-refractivity contribution is -0.115. The second-order valence-corrected chi connectivity index (χ2v) is 8.79. The van der Waals surface area contributed by atoms with Gasteiger partial charge in [0, 0.05) is 45.7 Å². The number of hydrogen-bond acceptors (Lipinski definition) is 7. The molecule has 0 saturated carbocycles. The summed E-state index contributed by atoms with van der Waals surface area (Å²) in [6.07, 6.45) is 5.80. The molecule has 0 fully saturated rings. The predicted molar refractivity (Wildman–Crippen MR) is 125 cm³/mol. The summed E-state index contributed by atoms with van der Waals surface area (Å²) in [4.78, 5) is 26.8. The van der Waals surface area contributed by atoms with E-state index < -0.39 is 0 Å². The van der Waals surface area contributed by atoms with Gasteiger partial charge in [-0.3, -0.25) is 9.78 Å². The molecule has 0 spiro atoms. The molecule has 0 unspecified atom stereocenters. The Morgan fingerprint density at radius 1 is 1.13 bits per heavy atom. The number of hydrogen-bond donors (Lipinski definition) is 1. The minimum Gasteiger partial charge on any atom is -0.326 e. The van der Waals surface area contributed by atoms with Gasteiger partial charge < -0.3 is 5.32 Å². The highest BCUT2D eigenvalue weighted by Crippen LogP contribution is 2.24. The van der Waals surface area contributed by atoms with Gasteiger partial charge in [-0.05, 0) is 56.0 Å². The van der Waals surface area contributed by atoms with E-state index in [1.807, 2.05) is 56.6 Å². The van der Waals surface area contributed by atoms with E-state index in [4.69, 9.17) is 0 Å². The normalized spacial score (nSPS) is 11.1. The fourth-order valence-electron chi connectivity index (χ4n) is 3.18. The number of aromatic nitrogens is 5. The summed E-state index contributed by atoms with van der Waals surface area (Å²) < 4.78 is 1.70. The summed E-state index contributed by atoms with van der Waals surface area (Å²) in [5.41, 5.74) is 4.49. The van der Waals surface area contributed by atoms with Gasteiger partial charge in [-0.2, -0.15) is 4.98 Å². The summed E-state index contributed by atoms with van der Waals surface area (Å²) in [7, 11) is 0. The molecule has 0 bridgehead atoms. The monoisotopic (exact) mass is 450 g/mol. The van der Waals surface area contributed by atoms with Crippen LogP contribution in [0.3, 0.4) is 0 Å². The zero-order valence-corrected chi connectivity index (χ0v) is 19.1. The van der Waals surface area contributed by atoms with Crippen molar-refractivity contribution in [1.29, 1.82) is 0 Å². The van der Waals surface area contributed by atoms with Gasteiger partial charge in [-0.15, -0.1) is 16.9 Å². The first-order chi connectivity index (χ1) is 15.0. The quantitative estimate of drug-likeness (QED) is 0.419. The Balaban J connectivity index is 1.40. The van der Waals surface area contributed by atoms with Crippen molar-refractivity contribution < 1.29 is 4.79 Å². The number of nitrogens with zero attached hydrogens (tertiary/aromatic N) is 5. The van der Waals surface area contributed by atoms with Crippen molar-refractivity contribution in [2.45, 2.75) is 36.1 Å². The van der Waals surface area contributed by atoms with Crippen molar-refractivity contribution in [3.8, 4) is 0 Å². The number of benzene rings is 1. The molecule has 0 aliphatic carbocycles. The third-order valence-electron chi connectivity index (χ3n) is 4.82. The number of nitrogens with one attached hydrogen (secondary N) is 1. The fourth-order valence-corrected chi connectivity index (χ4v) is 4.35. The molecule has 158 valence electrons. The Morgan fingerprint density at radius 2 is 1.94 bits per heavy atom. The molecule has 1 N–H and O–H groups in total. The summed E-state index contributed by atoms with van der Waals surface area (Å²) in [5, 5.41) is 8.08. The molecule has 4 rings (SSSR count). The van der Waals surface area contributed by atoms with Gasteiger partial charge in [0.25, 0.3) is 5.78 Å². The molecule has 0 saturated heterocycles. The molecule has 0 radical (unpaired) electrons. The van der Waals surface area contributed by atoms with E-state index >= 15 is 0 Å². The van der Waals surface area contributed by atoms with E-state index in [1.54, 1.807) is 22.5 Å². The van der Waals surface area contributed by atoms with Crippen molar-refractivity contribution in [3.63, 3.8) is 0 Å². The average Bonchev–Trinajstić information content (AvgIpc) is 3.20. The number of aryl methyl sites for hydroxylation is 2.